The maximum atomic E-state index is 13.9. The van der Waals surface area contributed by atoms with Gasteiger partial charge in [0, 0.05) is 15.4 Å². The Balaban J connectivity index is 2.36. The van der Waals surface area contributed by atoms with Crippen LogP contribution in [0.15, 0.2) is 30.3 Å². The first-order valence-corrected chi connectivity index (χ1v) is 7.84. The van der Waals surface area contributed by atoms with Crippen LogP contribution in [0.2, 0.25) is 5.02 Å². The second-order valence-electron chi connectivity index (χ2n) is 5.18. The highest BCUT2D eigenvalue weighted by molar-refractivity contribution is 9.09. The first-order valence-electron chi connectivity index (χ1n) is 6.55. The van der Waals surface area contributed by atoms with Crippen molar-refractivity contribution in [3.63, 3.8) is 0 Å². The molecule has 20 heavy (non-hydrogen) atoms. The summed E-state index contributed by atoms with van der Waals surface area (Å²) in [7, 11) is 0. The Hall–Kier alpha value is -0.860. The SMILES string of the molecule is Cc1cc(C)c(C(Br)Cc2c(F)cccc2Cl)c(C)c1. The molecule has 0 saturated carbocycles. The number of benzene rings is 2. The fraction of sp³-hybridized carbons (Fsp3) is 0.294. The standard InChI is InChI=1S/C17H17BrClF/c1-10-7-11(2)17(12(3)8-10)14(18)9-13-15(19)5-4-6-16(13)20/h4-8,14H,9H2,1-3H3. The minimum atomic E-state index is -0.246. The van der Waals surface area contributed by atoms with Crippen molar-refractivity contribution in [2.45, 2.75) is 32.0 Å². The first-order chi connectivity index (χ1) is 9.40. The number of rotatable bonds is 3. The van der Waals surface area contributed by atoms with Gasteiger partial charge in [0.1, 0.15) is 5.82 Å². The molecule has 0 spiro atoms. The molecular weight excluding hydrogens is 339 g/mol. The van der Waals surface area contributed by atoms with E-state index in [0.717, 1.165) is 0 Å². The molecule has 0 saturated heterocycles. The molecule has 3 heteroatoms. The number of hydrogen-bond acceptors (Lipinski definition) is 0. The van der Waals surface area contributed by atoms with E-state index in [0.29, 0.717) is 17.0 Å². The molecule has 1 atom stereocenters. The summed E-state index contributed by atoms with van der Waals surface area (Å²) in [6.07, 6.45) is 0.538. The zero-order chi connectivity index (χ0) is 14.9. The third-order valence-corrected chi connectivity index (χ3v) is 4.63. The van der Waals surface area contributed by atoms with Gasteiger partial charge in [0.15, 0.2) is 0 Å². The Morgan fingerprint density at radius 3 is 2.30 bits per heavy atom. The number of alkyl halides is 1. The normalized spacial score (nSPS) is 12.5. The van der Waals surface area contributed by atoms with E-state index in [2.05, 4.69) is 48.8 Å². The lowest BCUT2D eigenvalue weighted by Gasteiger charge is -2.18. The van der Waals surface area contributed by atoms with Crippen LogP contribution in [0, 0.1) is 26.6 Å². The highest BCUT2D eigenvalue weighted by Crippen LogP contribution is 2.35. The molecule has 0 heterocycles. The van der Waals surface area contributed by atoms with Crippen LogP contribution in [0.1, 0.15) is 32.6 Å². The van der Waals surface area contributed by atoms with Gasteiger partial charge in [0.25, 0.3) is 0 Å². The molecule has 1 unspecified atom stereocenters. The average molecular weight is 356 g/mol. The van der Waals surface area contributed by atoms with Gasteiger partial charge in [-0.15, -0.1) is 0 Å². The molecule has 2 aromatic carbocycles. The quantitative estimate of drug-likeness (QED) is 0.585. The molecule has 0 aliphatic carbocycles. The van der Waals surface area contributed by atoms with Crippen molar-refractivity contribution in [1.82, 2.24) is 0 Å². The number of aryl methyl sites for hydroxylation is 3. The van der Waals surface area contributed by atoms with E-state index in [1.165, 1.54) is 28.3 Å². The van der Waals surface area contributed by atoms with Crippen molar-refractivity contribution >= 4 is 27.5 Å². The second-order valence-corrected chi connectivity index (χ2v) is 6.70. The summed E-state index contributed by atoms with van der Waals surface area (Å²) in [6, 6.07) is 9.12. The fourth-order valence-electron chi connectivity index (χ4n) is 2.69. The van der Waals surface area contributed by atoms with Crippen molar-refractivity contribution in [2.24, 2.45) is 0 Å². The lowest BCUT2D eigenvalue weighted by molar-refractivity contribution is 0.608. The van der Waals surface area contributed by atoms with E-state index < -0.39 is 0 Å². The fourth-order valence-corrected chi connectivity index (χ4v) is 3.98. The predicted octanol–water partition coefficient (Wildman–Crippen LogP) is 6.08. The average Bonchev–Trinajstić information content (AvgIpc) is 2.32. The summed E-state index contributed by atoms with van der Waals surface area (Å²) in [4.78, 5) is 0.0532. The van der Waals surface area contributed by atoms with Crippen LogP contribution in [0.5, 0.6) is 0 Å². The van der Waals surface area contributed by atoms with Gasteiger partial charge in [-0.05, 0) is 56.0 Å². The lowest BCUT2D eigenvalue weighted by atomic mass is 9.94. The summed E-state index contributed by atoms with van der Waals surface area (Å²) in [5, 5.41) is 0.483. The van der Waals surface area contributed by atoms with Gasteiger partial charge < -0.3 is 0 Å². The van der Waals surface area contributed by atoms with Crippen molar-refractivity contribution in [3.8, 4) is 0 Å². The van der Waals surface area contributed by atoms with Crippen molar-refractivity contribution in [1.29, 1.82) is 0 Å². The molecule has 0 aliphatic rings. The van der Waals surface area contributed by atoms with Crippen molar-refractivity contribution in [3.05, 3.63) is 69.0 Å². The molecule has 106 valence electrons. The van der Waals surface area contributed by atoms with Gasteiger partial charge in [0.2, 0.25) is 0 Å². The summed E-state index contributed by atoms with van der Waals surface area (Å²) < 4.78 is 13.9. The monoisotopic (exact) mass is 354 g/mol. The van der Waals surface area contributed by atoms with Crippen molar-refractivity contribution < 1.29 is 4.39 Å². The van der Waals surface area contributed by atoms with Crippen LogP contribution >= 0.6 is 27.5 Å². The Morgan fingerprint density at radius 1 is 1.15 bits per heavy atom. The van der Waals surface area contributed by atoms with E-state index >= 15 is 0 Å². The van der Waals surface area contributed by atoms with Crippen LogP contribution < -0.4 is 0 Å². The van der Waals surface area contributed by atoms with E-state index in [9.17, 15) is 4.39 Å². The highest BCUT2D eigenvalue weighted by atomic mass is 79.9. The first kappa shape index (κ1) is 15.5. The highest BCUT2D eigenvalue weighted by Gasteiger charge is 2.17. The largest absolute Gasteiger partial charge is 0.207 e. The van der Waals surface area contributed by atoms with Crippen LogP contribution in [0.3, 0.4) is 0 Å². The molecule has 2 rings (SSSR count). The van der Waals surface area contributed by atoms with Gasteiger partial charge in [-0.2, -0.15) is 0 Å². The topological polar surface area (TPSA) is 0 Å². The molecule has 2 aromatic rings. The Morgan fingerprint density at radius 2 is 1.75 bits per heavy atom. The van der Waals surface area contributed by atoms with Gasteiger partial charge >= 0.3 is 0 Å². The summed E-state index contributed by atoms with van der Waals surface area (Å²) in [5.74, 6) is -0.246. The number of halogens is 3. The minimum absolute atomic E-state index is 0.0532. The molecule has 0 aliphatic heterocycles. The van der Waals surface area contributed by atoms with Crippen LogP contribution in [-0.2, 0) is 6.42 Å². The molecule has 0 nitrogen and oxygen atoms in total. The van der Waals surface area contributed by atoms with Crippen LogP contribution in [-0.4, -0.2) is 0 Å². The van der Waals surface area contributed by atoms with Gasteiger partial charge in [-0.1, -0.05) is 51.3 Å². The van der Waals surface area contributed by atoms with E-state index in [1.807, 2.05) is 0 Å². The van der Waals surface area contributed by atoms with Gasteiger partial charge in [-0.3, -0.25) is 0 Å². The van der Waals surface area contributed by atoms with Gasteiger partial charge in [0.05, 0.1) is 0 Å². The third-order valence-electron chi connectivity index (χ3n) is 3.50. The second kappa shape index (κ2) is 6.28. The van der Waals surface area contributed by atoms with Crippen LogP contribution in [0.4, 0.5) is 4.39 Å². The molecule has 0 bridgehead atoms. The Kier molecular flexibility index (Phi) is 4.87. The molecular formula is C17H17BrClF. The maximum Gasteiger partial charge on any atom is 0.127 e. The maximum absolute atomic E-state index is 13.9. The lowest BCUT2D eigenvalue weighted by Crippen LogP contribution is -2.03. The summed E-state index contributed by atoms with van der Waals surface area (Å²) in [5.41, 5.74) is 5.46. The smallest absolute Gasteiger partial charge is 0.127 e. The Bertz CT molecular complexity index is 594. The van der Waals surface area contributed by atoms with Crippen LogP contribution in [0.25, 0.3) is 0 Å². The molecule has 0 N–H and O–H groups in total. The zero-order valence-electron chi connectivity index (χ0n) is 11.8. The molecule has 0 aromatic heterocycles. The Labute approximate surface area is 133 Å². The molecule has 0 radical (unpaired) electrons. The zero-order valence-corrected chi connectivity index (χ0v) is 14.1. The van der Waals surface area contributed by atoms with E-state index in [1.54, 1.807) is 12.1 Å². The summed E-state index contributed by atoms with van der Waals surface area (Å²) in [6.45, 7) is 6.26. The molecule has 0 fully saturated rings. The molecule has 0 amide bonds. The van der Waals surface area contributed by atoms with E-state index in [4.69, 9.17) is 11.6 Å². The third kappa shape index (κ3) is 3.24. The predicted molar refractivity (Wildman–Crippen MR) is 87.4 cm³/mol. The minimum Gasteiger partial charge on any atom is -0.207 e. The van der Waals surface area contributed by atoms with E-state index in [-0.39, 0.29) is 10.6 Å². The van der Waals surface area contributed by atoms with Crippen molar-refractivity contribution in [2.75, 3.05) is 0 Å². The summed E-state index contributed by atoms with van der Waals surface area (Å²) >= 11 is 9.80. The number of hydrogen-bond donors (Lipinski definition) is 0. The van der Waals surface area contributed by atoms with Gasteiger partial charge in [-0.25, -0.2) is 4.39 Å².